The minimum absolute atomic E-state index is 0. The maximum Gasteiger partial charge on any atom is 0.303 e. The molecule has 0 saturated carbocycles. The van der Waals surface area contributed by atoms with Gasteiger partial charge in [0.25, 0.3) is 0 Å². The van der Waals surface area contributed by atoms with Gasteiger partial charge >= 0.3 is 5.97 Å². The largest absolute Gasteiger partial charge is 0.999 e. The molecule has 98 valence electrons. The van der Waals surface area contributed by atoms with E-state index >= 15 is 0 Å². The molecule has 0 spiro atoms. The first-order chi connectivity index (χ1) is 8.20. The summed E-state index contributed by atoms with van der Waals surface area (Å²) in [5.74, 6) is -1.04. The number of Topliss-reactive ketones (excluding diaryl/α,β-unsaturated/α-hetero) is 1. The van der Waals surface area contributed by atoms with Crippen LogP contribution in [0.25, 0.3) is 0 Å². The van der Waals surface area contributed by atoms with E-state index in [2.05, 4.69) is 24.3 Å². The van der Waals surface area contributed by atoms with Crippen LogP contribution in [0.2, 0.25) is 0 Å². The first kappa shape index (κ1) is 16.4. The van der Waals surface area contributed by atoms with Crippen LogP contribution in [0.3, 0.4) is 0 Å². The molecule has 0 saturated heterocycles. The first-order valence-electron chi connectivity index (χ1n) is 4.99. The zero-order chi connectivity index (χ0) is 12.5. The minimum atomic E-state index is -0.935. The normalized spacial score (nSPS) is 8.67. The van der Waals surface area contributed by atoms with Crippen molar-refractivity contribution in [3.05, 3.63) is 60.2 Å². The fourth-order valence-electron chi connectivity index (χ4n) is 1.11. The molecule has 0 bridgehead atoms. The van der Waals surface area contributed by atoms with Gasteiger partial charge in [-0.25, -0.2) is 12.1 Å². The predicted molar refractivity (Wildman–Crippen MR) is 60.6 cm³/mol. The second kappa shape index (κ2) is 9.40. The van der Waals surface area contributed by atoms with Crippen molar-refractivity contribution in [2.45, 2.75) is 12.8 Å². The second-order valence-corrected chi connectivity index (χ2v) is 3.17. The van der Waals surface area contributed by atoms with Gasteiger partial charge in [0, 0.05) is 23.5 Å². The van der Waals surface area contributed by atoms with E-state index < -0.39 is 5.97 Å². The molecular weight excluding hydrogens is 272 g/mol. The van der Waals surface area contributed by atoms with Gasteiger partial charge in [-0.15, -0.1) is 0 Å². The standard InChI is InChI=1S/C9H9O3.C5H.Fe/c10-8(5-6-9(11)12)7-3-1-2-4-7;1-2-4-5-3-1;/h1-4H,5-6H2,(H,11,12);1H;/q-1;-5;. The third kappa shape index (κ3) is 6.84. The number of ketones is 1. The zero-order valence-corrected chi connectivity index (χ0v) is 10.5. The van der Waals surface area contributed by atoms with Gasteiger partial charge in [0.1, 0.15) is 5.78 Å². The Labute approximate surface area is 117 Å². The van der Waals surface area contributed by atoms with Crippen LogP contribution >= 0.6 is 0 Å². The Hall–Kier alpha value is -1.64. The third-order valence-electron chi connectivity index (χ3n) is 1.90. The molecule has 0 aliphatic carbocycles. The van der Waals surface area contributed by atoms with Crippen LogP contribution in [0.1, 0.15) is 23.2 Å². The monoisotopic (exact) mass is 282 g/mol. The summed E-state index contributed by atoms with van der Waals surface area (Å²) in [6.07, 6.45) is -0.0106. The van der Waals surface area contributed by atoms with E-state index in [0.717, 1.165) is 0 Å². The summed E-state index contributed by atoms with van der Waals surface area (Å²) in [4.78, 5) is 21.3. The Morgan fingerprint density at radius 2 is 1.67 bits per heavy atom. The van der Waals surface area contributed by atoms with E-state index in [-0.39, 0.29) is 35.7 Å². The van der Waals surface area contributed by atoms with Crippen LogP contribution in [0.4, 0.5) is 0 Å². The molecule has 2 aromatic rings. The Morgan fingerprint density at radius 3 is 2.06 bits per heavy atom. The van der Waals surface area contributed by atoms with Crippen molar-refractivity contribution in [3.8, 4) is 0 Å². The molecule has 0 unspecified atom stereocenters. The molecule has 0 aliphatic heterocycles. The van der Waals surface area contributed by atoms with Crippen molar-refractivity contribution in [1.82, 2.24) is 0 Å². The molecule has 4 heteroatoms. The van der Waals surface area contributed by atoms with E-state index in [1.165, 1.54) is 0 Å². The summed E-state index contributed by atoms with van der Waals surface area (Å²) in [5, 5.41) is 8.31. The Balaban J connectivity index is 0.000000405. The second-order valence-electron chi connectivity index (χ2n) is 3.17. The number of carboxylic acids is 1. The quantitative estimate of drug-likeness (QED) is 0.530. The Bertz CT molecular complexity index is 412. The van der Waals surface area contributed by atoms with Crippen LogP contribution < -0.4 is 0 Å². The van der Waals surface area contributed by atoms with Gasteiger partial charge in [0.2, 0.25) is 0 Å². The Kier molecular flexibility index (Phi) is 8.54. The summed E-state index contributed by atoms with van der Waals surface area (Å²) in [6.45, 7) is 0. The van der Waals surface area contributed by atoms with Crippen LogP contribution in [0, 0.1) is 24.3 Å². The fraction of sp³-hybridized carbons (Fsp3) is 0.143. The molecule has 3 nitrogen and oxygen atoms in total. The van der Waals surface area contributed by atoms with E-state index in [4.69, 9.17) is 5.11 Å². The van der Waals surface area contributed by atoms with Gasteiger partial charge in [-0.1, -0.05) is 5.56 Å². The molecule has 0 amide bonds. The van der Waals surface area contributed by atoms with E-state index in [0.29, 0.717) is 5.56 Å². The van der Waals surface area contributed by atoms with Gasteiger partial charge in [-0.05, 0) is 0 Å². The number of aliphatic carboxylic acids is 1. The average molecular weight is 282 g/mol. The van der Waals surface area contributed by atoms with Crippen molar-refractivity contribution in [3.63, 3.8) is 0 Å². The van der Waals surface area contributed by atoms with Crippen molar-refractivity contribution in [2.24, 2.45) is 0 Å². The van der Waals surface area contributed by atoms with Gasteiger partial charge in [0.15, 0.2) is 0 Å². The van der Waals surface area contributed by atoms with Crippen molar-refractivity contribution >= 4 is 11.8 Å². The zero-order valence-electron chi connectivity index (χ0n) is 9.42. The number of carbonyl (C=O) groups excluding carboxylic acids is 1. The Morgan fingerprint density at radius 1 is 1.11 bits per heavy atom. The number of rotatable bonds is 4. The molecule has 0 fully saturated rings. The first-order valence-corrected chi connectivity index (χ1v) is 4.99. The van der Waals surface area contributed by atoms with Crippen LogP contribution in [0.15, 0.2) is 30.3 Å². The van der Waals surface area contributed by atoms with E-state index in [1.54, 1.807) is 30.3 Å². The van der Waals surface area contributed by atoms with E-state index in [9.17, 15) is 9.59 Å². The molecule has 2 rings (SSSR count). The molecule has 0 aliphatic rings. The molecule has 0 atom stereocenters. The minimum Gasteiger partial charge on any atom is -0.999 e. The van der Waals surface area contributed by atoms with Crippen molar-refractivity contribution in [2.75, 3.05) is 0 Å². The van der Waals surface area contributed by atoms with Crippen LogP contribution in [-0.4, -0.2) is 16.9 Å². The van der Waals surface area contributed by atoms with Crippen molar-refractivity contribution < 1.29 is 31.8 Å². The van der Waals surface area contributed by atoms with Crippen LogP contribution in [-0.2, 0) is 21.9 Å². The van der Waals surface area contributed by atoms with Gasteiger partial charge < -0.3 is 40.2 Å². The smallest absolute Gasteiger partial charge is 0.303 e. The summed E-state index contributed by atoms with van der Waals surface area (Å²) in [5.41, 5.74) is 0.594. The number of carboxylic acid groups (broad SMARTS) is 1. The molecule has 1 N–H and O–H groups in total. The fourth-order valence-corrected chi connectivity index (χ4v) is 1.11. The number of hydrogen-bond acceptors (Lipinski definition) is 2. The topological polar surface area (TPSA) is 54.4 Å². The van der Waals surface area contributed by atoms with Gasteiger partial charge in [-0.3, -0.25) is 4.79 Å². The molecular formula is C14H10FeO3-6. The predicted octanol–water partition coefficient (Wildman–Crippen LogP) is 2.06. The molecule has 0 radical (unpaired) electrons. The number of hydrogen-bond donors (Lipinski definition) is 1. The van der Waals surface area contributed by atoms with E-state index in [1.807, 2.05) is 0 Å². The SMILES string of the molecule is O=C(O)CCC(=O)[c-]1cccc1.[Fe].[c-]1[c-][c-][cH-][c-]1. The summed E-state index contributed by atoms with van der Waals surface area (Å²) in [6, 6.07) is 18.9. The third-order valence-corrected chi connectivity index (χ3v) is 1.90. The summed E-state index contributed by atoms with van der Waals surface area (Å²) in [7, 11) is 0. The van der Waals surface area contributed by atoms with Gasteiger partial charge in [0.05, 0.1) is 6.42 Å². The maximum absolute atomic E-state index is 11.1. The molecule has 18 heavy (non-hydrogen) atoms. The maximum atomic E-state index is 11.1. The van der Waals surface area contributed by atoms with Gasteiger partial charge in [-0.2, -0.15) is 12.1 Å². The summed E-state index contributed by atoms with van der Waals surface area (Å²) >= 11 is 0. The number of carbonyl (C=O) groups is 2. The van der Waals surface area contributed by atoms with Crippen LogP contribution in [0.5, 0.6) is 0 Å². The molecule has 0 aromatic heterocycles. The molecule has 0 heterocycles. The summed E-state index contributed by atoms with van der Waals surface area (Å²) < 4.78 is 0. The average Bonchev–Trinajstić information content (AvgIpc) is 2.99. The van der Waals surface area contributed by atoms with Crippen molar-refractivity contribution in [1.29, 1.82) is 0 Å². The molecule has 2 aromatic carbocycles.